The second kappa shape index (κ2) is 8.56. The molecule has 0 bridgehead atoms. The first-order valence-corrected chi connectivity index (χ1v) is 8.96. The summed E-state index contributed by atoms with van der Waals surface area (Å²) in [4.78, 5) is 11.5. The van der Waals surface area contributed by atoms with E-state index < -0.39 is 0 Å². The lowest BCUT2D eigenvalue weighted by Crippen LogP contribution is -2.25. The number of rotatable bonds is 7. The highest BCUT2D eigenvalue weighted by Crippen LogP contribution is 2.30. The molecule has 0 saturated heterocycles. The molecule has 0 aliphatic rings. The van der Waals surface area contributed by atoms with E-state index in [2.05, 4.69) is 58.8 Å². The van der Waals surface area contributed by atoms with Crippen LogP contribution in [0.4, 0.5) is 10.8 Å². The first kappa shape index (κ1) is 17.3. The quantitative estimate of drug-likeness (QED) is 0.596. The van der Waals surface area contributed by atoms with E-state index in [0.717, 1.165) is 21.6 Å². The molecule has 0 aliphatic carbocycles. The van der Waals surface area contributed by atoms with Crippen LogP contribution in [0.5, 0.6) is 0 Å². The Labute approximate surface area is 144 Å². The standard InChI is InChI=1S/C16H18N4OS2/c1-4-9-17-13(21)10-22-16-20-19-15(23-16)18-14-11(3)7-6-8-12(14)5-2/h1,6-8H,5,9-10H2,2-3H3,(H,17,21)(H,18,19). The Morgan fingerprint density at radius 2 is 2.26 bits per heavy atom. The van der Waals surface area contributed by atoms with Gasteiger partial charge in [0, 0.05) is 5.69 Å². The minimum Gasteiger partial charge on any atom is -0.344 e. The fourth-order valence-corrected chi connectivity index (χ4v) is 3.54. The van der Waals surface area contributed by atoms with Gasteiger partial charge in [0.1, 0.15) is 0 Å². The number of thioether (sulfide) groups is 1. The van der Waals surface area contributed by atoms with Gasteiger partial charge in [-0.05, 0) is 24.5 Å². The number of amides is 1. The van der Waals surface area contributed by atoms with Crippen LogP contribution in [0.3, 0.4) is 0 Å². The van der Waals surface area contributed by atoms with Crippen molar-refractivity contribution in [3.63, 3.8) is 0 Å². The van der Waals surface area contributed by atoms with Gasteiger partial charge in [-0.3, -0.25) is 4.79 Å². The number of nitrogens with one attached hydrogen (secondary N) is 2. The van der Waals surface area contributed by atoms with Crippen molar-refractivity contribution in [2.45, 2.75) is 24.6 Å². The molecule has 2 N–H and O–H groups in total. The number of hydrogen-bond acceptors (Lipinski definition) is 6. The Bertz CT molecular complexity index is 721. The van der Waals surface area contributed by atoms with E-state index in [-0.39, 0.29) is 18.2 Å². The molecule has 0 spiro atoms. The van der Waals surface area contributed by atoms with Crippen LogP contribution in [0.2, 0.25) is 0 Å². The highest BCUT2D eigenvalue weighted by atomic mass is 32.2. The lowest BCUT2D eigenvalue weighted by atomic mass is 10.1. The van der Waals surface area contributed by atoms with Crippen LogP contribution in [0, 0.1) is 19.3 Å². The molecule has 23 heavy (non-hydrogen) atoms. The van der Waals surface area contributed by atoms with Gasteiger partial charge in [0.05, 0.1) is 12.3 Å². The molecule has 0 atom stereocenters. The second-order valence-electron chi connectivity index (χ2n) is 4.73. The molecule has 0 saturated carbocycles. The summed E-state index contributed by atoms with van der Waals surface area (Å²) in [7, 11) is 0. The molecule has 2 rings (SSSR count). The molecule has 0 radical (unpaired) electrons. The van der Waals surface area contributed by atoms with Crippen molar-refractivity contribution in [1.29, 1.82) is 0 Å². The summed E-state index contributed by atoms with van der Waals surface area (Å²) in [5.41, 5.74) is 3.49. The van der Waals surface area contributed by atoms with Crippen LogP contribution >= 0.6 is 23.1 Å². The molecule has 1 heterocycles. The molecule has 5 nitrogen and oxygen atoms in total. The number of aromatic nitrogens is 2. The number of anilines is 2. The van der Waals surface area contributed by atoms with Gasteiger partial charge in [-0.15, -0.1) is 16.6 Å². The Morgan fingerprint density at radius 3 is 3.00 bits per heavy atom. The lowest BCUT2D eigenvalue weighted by Gasteiger charge is -2.11. The maximum absolute atomic E-state index is 11.5. The molecule has 7 heteroatoms. The van der Waals surface area contributed by atoms with E-state index in [1.54, 1.807) is 0 Å². The lowest BCUT2D eigenvalue weighted by molar-refractivity contribution is -0.118. The summed E-state index contributed by atoms with van der Waals surface area (Å²) in [6.45, 7) is 4.43. The van der Waals surface area contributed by atoms with Crippen LogP contribution in [0.25, 0.3) is 0 Å². The Hall–Kier alpha value is -2.04. The van der Waals surface area contributed by atoms with Crippen LogP contribution in [0.1, 0.15) is 18.1 Å². The molecule has 1 aromatic carbocycles. The van der Waals surface area contributed by atoms with E-state index in [1.807, 2.05) is 0 Å². The maximum Gasteiger partial charge on any atom is 0.231 e. The van der Waals surface area contributed by atoms with Crippen LogP contribution in [-0.2, 0) is 11.2 Å². The van der Waals surface area contributed by atoms with Gasteiger partial charge < -0.3 is 10.6 Å². The number of benzene rings is 1. The molecule has 0 unspecified atom stereocenters. The SMILES string of the molecule is C#CCNC(=O)CSc1nnc(Nc2c(C)cccc2CC)s1. The molecular formula is C16H18N4OS2. The van der Waals surface area contributed by atoms with Gasteiger partial charge in [-0.2, -0.15) is 0 Å². The zero-order valence-electron chi connectivity index (χ0n) is 13.0. The first-order chi connectivity index (χ1) is 11.1. The van der Waals surface area contributed by atoms with E-state index in [0.29, 0.717) is 0 Å². The minimum atomic E-state index is -0.107. The van der Waals surface area contributed by atoms with Crippen LogP contribution < -0.4 is 10.6 Å². The Kier molecular flexibility index (Phi) is 6.44. The topological polar surface area (TPSA) is 66.9 Å². The van der Waals surface area contributed by atoms with E-state index in [9.17, 15) is 4.79 Å². The number of aryl methyl sites for hydroxylation is 2. The maximum atomic E-state index is 11.5. The van der Waals surface area contributed by atoms with Gasteiger partial charge >= 0.3 is 0 Å². The van der Waals surface area contributed by atoms with Crippen molar-refractivity contribution < 1.29 is 4.79 Å². The van der Waals surface area contributed by atoms with Crippen LogP contribution in [-0.4, -0.2) is 28.4 Å². The van der Waals surface area contributed by atoms with Gasteiger partial charge in [0.2, 0.25) is 11.0 Å². The third-order valence-electron chi connectivity index (χ3n) is 3.09. The van der Waals surface area contributed by atoms with Gasteiger partial charge in [0.15, 0.2) is 4.34 Å². The van der Waals surface area contributed by atoms with Crippen molar-refractivity contribution in [2.75, 3.05) is 17.6 Å². The zero-order valence-corrected chi connectivity index (χ0v) is 14.7. The molecule has 2 aromatic rings. The van der Waals surface area contributed by atoms with Crippen molar-refractivity contribution in [1.82, 2.24) is 15.5 Å². The molecule has 0 fully saturated rings. The summed E-state index contributed by atoms with van der Waals surface area (Å²) in [5.74, 6) is 2.54. The number of carbonyl (C=O) groups is 1. The number of para-hydroxylation sites is 1. The number of nitrogens with zero attached hydrogens (tertiary/aromatic N) is 2. The molecule has 0 aliphatic heterocycles. The monoisotopic (exact) mass is 346 g/mol. The fraction of sp³-hybridized carbons (Fsp3) is 0.312. The average molecular weight is 346 g/mol. The largest absolute Gasteiger partial charge is 0.344 e. The highest BCUT2D eigenvalue weighted by molar-refractivity contribution is 8.01. The normalized spacial score (nSPS) is 10.1. The summed E-state index contributed by atoms with van der Waals surface area (Å²) < 4.78 is 0.745. The predicted molar refractivity (Wildman–Crippen MR) is 96.3 cm³/mol. The van der Waals surface area contributed by atoms with E-state index in [4.69, 9.17) is 6.42 Å². The van der Waals surface area contributed by atoms with Crippen LogP contribution in [0.15, 0.2) is 22.5 Å². The second-order valence-corrected chi connectivity index (χ2v) is 6.93. The highest BCUT2D eigenvalue weighted by Gasteiger charge is 2.10. The van der Waals surface area contributed by atoms with Gasteiger partial charge in [-0.25, -0.2) is 0 Å². The summed E-state index contributed by atoms with van der Waals surface area (Å²) >= 11 is 2.78. The third-order valence-corrected chi connectivity index (χ3v) is 5.06. The fourth-order valence-electron chi connectivity index (χ4n) is 1.96. The smallest absolute Gasteiger partial charge is 0.231 e. The third kappa shape index (κ3) is 4.98. The zero-order chi connectivity index (χ0) is 16.7. The Morgan fingerprint density at radius 1 is 1.43 bits per heavy atom. The van der Waals surface area contributed by atoms with Crippen molar-refractivity contribution >= 4 is 39.8 Å². The van der Waals surface area contributed by atoms with E-state index in [1.165, 1.54) is 34.2 Å². The number of carbonyl (C=O) groups excluding carboxylic acids is 1. The minimum absolute atomic E-state index is 0.107. The van der Waals surface area contributed by atoms with Crippen molar-refractivity contribution in [3.05, 3.63) is 29.3 Å². The molecule has 1 aromatic heterocycles. The van der Waals surface area contributed by atoms with Gasteiger partial charge in [0.25, 0.3) is 0 Å². The van der Waals surface area contributed by atoms with Gasteiger partial charge in [-0.1, -0.05) is 54.1 Å². The molecule has 1 amide bonds. The summed E-state index contributed by atoms with van der Waals surface area (Å²) in [5, 5.41) is 14.9. The Balaban J connectivity index is 1.98. The number of terminal acetylenes is 1. The summed E-state index contributed by atoms with van der Waals surface area (Å²) in [6.07, 6.45) is 6.04. The van der Waals surface area contributed by atoms with E-state index >= 15 is 0 Å². The predicted octanol–water partition coefficient (Wildman–Crippen LogP) is 2.99. The molecule has 120 valence electrons. The number of hydrogen-bond donors (Lipinski definition) is 2. The summed E-state index contributed by atoms with van der Waals surface area (Å²) in [6, 6.07) is 6.21. The van der Waals surface area contributed by atoms with Crippen molar-refractivity contribution in [3.8, 4) is 12.3 Å². The first-order valence-electron chi connectivity index (χ1n) is 7.16. The van der Waals surface area contributed by atoms with Crippen molar-refractivity contribution in [2.24, 2.45) is 0 Å². The average Bonchev–Trinajstić information content (AvgIpc) is 3.00. The molecular weight excluding hydrogens is 328 g/mol.